The van der Waals surface area contributed by atoms with Crippen molar-refractivity contribution >= 4 is 28.7 Å². The van der Waals surface area contributed by atoms with Crippen LogP contribution in [0.4, 0.5) is 22.7 Å². The molecule has 1 aromatic rings. The maximum Gasteiger partial charge on any atom is 0.299 e. The number of amides is 1. The number of hydrogen-bond donors (Lipinski definition) is 1. The highest BCUT2D eigenvalue weighted by molar-refractivity contribution is 5.94. The summed E-state index contributed by atoms with van der Waals surface area (Å²) < 4.78 is 5.21. The largest absolute Gasteiger partial charge is 0.378 e. The topological polar surface area (TPSA) is 128 Å². The van der Waals surface area contributed by atoms with Crippen LogP contribution in [-0.2, 0) is 9.53 Å². The highest BCUT2D eigenvalue weighted by atomic mass is 16.6. The number of carbonyl (C=O) groups is 1. The number of carbonyl (C=O) groups excluding carboxylic acids is 1. The number of anilines is 2. The van der Waals surface area contributed by atoms with Gasteiger partial charge in [-0.3, -0.25) is 25.0 Å². The van der Waals surface area contributed by atoms with Gasteiger partial charge in [0.05, 0.1) is 29.1 Å². The van der Waals surface area contributed by atoms with Crippen molar-refractivity contribution in [3.8, 4) is 0 Å². The van der Waals surface area contributed by atoms with Crippen molar-refractivity contribution in [3.05, 3.63) is 32.4 Å². The summed E-state index contributed by atoms with van der Waals surface area (Å²) in [6.45, 7) is 3.28. The first-order chi connectivity index (χ1) is 10.9. The normalized spacial score (nSPS) is 14.4. The Morgan fingerprint density at radius 3 is 2.35 bits per heavy atom. The molecule has 1 aromatic carbocycles. The Kier molecular flexibility index (Phi) is 5.06. The van der Waals surface area contributed by atoms with Crippen molar-refractivity contribution in [2.24, 2.45) is 0 Å². The molecule has 23 heavy (non-hydrogen) atoms. The molecule has 1 fully saturated rings. The van der Waals surface area contributed by atoms with Gasteiger partial charge < -0.3 is 15.0 Å². The number of nitrogens with zero attached hydrogens (tertiary/aromatic N) is 3. The summed E-state index contributed by atoms with van der Waals surface area (Å²) in [5.74, 6) is -0.408. The lowest BCUT2D eigenvalue weighted by atomic mass is 10.1. The first kappa shape index (κ1) is 16.6. The Balaban J connectivity index is 2.53. The number of morpholine rings is 1. The number of nitro benzene ring substituents is 2. The van der Waals surface area contributed by atoms with Gasteiger partial charge in [-0.15, -0.1) is 0 Å². The summed E-state index contributed by atoms with van der Waals surface area (Å²) in [4.78, 5) is 34.3. The fraction of sp³-hybridized carbons (Fsp3) is 0.462. The second kappa shape index (κ2) is 7.01. The van der Waals surface area contributed by atoms with Crippen LogP contribution < -0.4 is 10.2 Å². The SMILES string of the molecule is CCC(=O)Nc1cc(N2CCOCC2)c([N+](=O)[O-])cc1[N+](=O)[O-]. The average Bonchev–Trinajstić information content (AvgIpc) is 2.54. The van der Waals surface area contributed by atoms with E-state index in [-0.39, 0.29) is 23.5 Å². The van der Waals surface area contributed by atoms with Crippen LogP contribution >= 0.6 is 0 Å². The van der Waals surface area contributed by atoms with Gasteiger partial charge >= 0.3 is 0 Å². The van der Waals surface area contributed by atoms with E-state index in [1.165, 1.54) is 6.07 Å². The standard InChI is InChI=1S/C13H16N4O6/c1-2-13(18)14-9-7-11(15-3-5-23-6-4-15)12(17(21)22)8-10(9)16(19)20/h7-8H,2-6H2,1H3,(H,14,18). The molecule has 0 bridgehead atoms. The van der Waals surface area contributed by atoms with E-state index in [0.717, 1.165) is 6.07 Å². The maximum absolute atomic E-state index is 11.6. The first-order valence-corrected chi connectivity index (χ1v) is 7.03. The van der Waals surface area contributed by atoms with Crippen LogP contribution in [0.25, 0.3) is 0 Å². The van der Waals surface area contributed by atoms with Gasteiger partial charge in [0, 0.05) is 19.5 Å². The van der Waals surface area contributed by atoms with Crippen LogP contribution in [0.2, 0.25) is 0 Å². The number of rotatable bonds is 5. The Hall–Kier alpha value is -2.75. The molecule has 1 aliphatic heterocycles. The van der Waals surface area contributed by atoms with Gasteiger partial charge in [-0.2, -0.15) is 0 Å². The predicted octanol–water partition coefficient (Wildman–Crippen LogP) is 1.69. The quantitative estimate of drug-likeness (QED) is 0.644. The number of hydrogen-bond acceptors (Lipinski definition) is 7. The zero-order valence-corrected chi connectivity index (χ0v) is 12.5. The number of nitro groups is 2. The van der Waals surface area contributed by atoms with Crippen LogP contribution in [0.1, 0.15) is 13.3 Å². The van der Waals surface area contributed by atoms with E-state index in [4.69, 9.17) is 4.74 Å². The van der Waals surface area contributed by atoms with Gasteiger partial charge in [-0.25, -0.2) is 0 Å². The lowest BCUT2D eigenvalue weighted by Gasteiger charge is -2.28. The van der Waals surface area contributed by atoms with E-state index >= 15 is 0 Å². The molecule has 10 heteroatoms. The van der Waals surface area contributed by atoms with Gasteiger partial charge in [0.15, 0.2) is 0 Å². The highest BCUT2D eigenvalue weighted by Gasteiger charge is 2.28. The summed E-state index contributed by atoms with van der Waals surface area (Å²) >= 11 is 0. The molecule has 1 N–H and O–H groups in total. The van der Waals surface area contributed by atoms with Crippen LogP contribution in [0.3, 0.4) is 0 Å². The highest BCUT2D eigenvalue weighted by Crippen LogP contribution is 2.38. The molecule has 1 saturated heterocycles. The molecular weight excluding hydrogens is 308 g/mol. The van der Waals surface area contributed by atoms with Crippen molar-refractivity contribution in [1.82, 2.24) is 0 Å². The van der Waals surface area contributed by atoms with E-state index in [1.54, 1.807) is 11.8 Å². The molecule has 2 rings (SSSR count). The fourth-order valence-corrected chi connectivity index (χ4v) is 2.26. The van der Waals surface area contributed by atoms with Crippen LogP contribution in [0.5, 0.6) is 0 Å². The third-order valence-electron chi connectivity index (χ3n) is 3.43. The Morgan fingerprint density at radius 1 is 1.22 bits per heavy atom. The molecule has 0 atom stereocenters. The van der Waals surface area contributed by atoms with Crippen molar-refractivity contribution < 1.29 is 19.4 Å². The van der Waals surface area contributed by atoms with Gasteiger partial charge in [0.25, 0.3) is 11.4 Å². The molecule has 0 saturated carbocycles. The zero-order chi connectivity index (χ0) is 17.0. The van der Waals surface area contributed by atoms with Crippen molar-refractivity contribution in [3.63, 3.8) is 0 Å². The van der Waals surface area contributed by atoms with Crippen molar-refractivity contribution in [1.29, 1.82) is 0 Å². The van der Waals surface area contributed by atoms with Crippen LogP contribution in [0.15, 0.2) is 12.1 Å². The third-order valence-corrected chi connectivity index (χ3v) is 3.43. The van der Waals surface area contributed by atoms with Gasteiger partial charge in [-0.05, 0) is 6.07 Å². The third kappa shape index (κ3) is 3.72. The average molecular weight is 324 g/mol. The predicted molar refractivity (Wildman–Crippen MR) is 81.7 cm³/mol. The molecule has 0 spiro atoms. The summed E-state index contributed by atoms with van der Waals surface area (Å²) in [6, 6.07) is 2.17. The van der Waals surface area contributed by atoms with E-state index in [2.05, 4.69) is 5.32 Å². The second-order valence-electron chi connectivity index (χ2n) is 4.87. The molecule has 0 radical (unpaired) electrons. The summed E-state index contributed by atoms with van der Waals surface area (Å²) in [6.07, 6.45) is 0.140. The monoisotopic (exact) mass is 324 g/mol. The molecule has 0 unspecified atom stereocenters. The van der Waals surface area contributed by atoms with Gasteiger partial charge in [0.1, 0.15) is 11.4 Å². The number of nitrogens with one attached hydrogen (secondary N) is 1. The molecule has 0 aliphatic carbocycles. The number of ether oxygens (including phenoxy) is 1. The smallest absolute Gasteiger partial charge is 0.299 e. The summed E-state index contributed by atoms with van der Waals surface area (Å²) in [7, 11) is 0. The number of benzene rings is 1. The molecule has 10 nitrogen and oxygen atoms in total. The van der Waals surface area contributed by atoms with Crippen LogP contribution in [0, 0.1) is 20.2 Å². The minimum Gasteiger partial charge on any atom is -0.378 e. The second-order valence-corrected chi connectivity index (χ2v) is 4.87. The lowest BCUT2D eigenvalue weighted by Crippen LogP contribution is -2.36. The molecular formula is C13H16N4O6. The fourth-order valence-electron chi connectivity index (χ4n) is 2.26. The van der Waals surface area contributed by atoms with Crippen molar-refractivity contribution in [2.75, 3.05) is 36.5 Å². The molecule has 0 aromatic heterocycles. The maximum atomic E-state index is 11.6. The van der Waals surface area contributed by atoms with E-state index < -0.39 is 21.4 Å². The van der Waals surface area contributed by atoms with E-state index in [0.29, 0.717) is 26.3 Å². The van der Waals surface area contributed by atoms with Crippen molar-refractivity contribution in [2.45, 2.75) is 13.3 Å². The molecule has 1 heterocycles. The summed E-state index contributed by atoms with van der Waals surface area (Å²) in [5.41, 5.74) is -0.687. The van der Waals surface area contributed by atoms with Crippen LogP contribution in [-0.4, -0.2) is 42.1 Å². The lowest BCUT2D eigenvalue weighted by molar-refractivity contribution is -0.393. The Morgan fingerprint density at radius 2 is 1.83 bits per heavy atom. The minimum absolute atomic E-state index is 0.0473. The first-order valence-electron chi connectivity index (χ1n) is 7.03. The molecule has 124 valence electrons. The zero-order valence-electron chi connectivity index (χ0n) is 12.5. The van der Waals surface area contributed by atoms with Gasteiger partial charge in [-0.1, -0.05) is 6.92 Å². The molecule has 1 amide bonds. The Bertz CT molecular complexity index is 642. The van der Waals surface area contributed by atoms with E-state index in [1.807, 2.05) is 0 Å². The molecule has 1 aliphatic rings. The minimum atomic E-state index is -0.749. The van der Waals surface area contributed by atoms with Gasteiger partial charge in [0.2, 0.25) is 5.91 Å². The van der Waals surface area contributed by atoms with E-state index in [9.17, 15) is 25.0 Å². The summed E-state index contributed by atoms with van der Waals surface area (Å²) in [5, 5.41) is 24.8. The Labute approximate surface area is 131 Å².